The summed E-state index contributed by atoms with van der Waals surface area (Å²) < 4.78 is 16.4. The van der Waals surface area contributed by atoms with Crippen molar-refractivity contribution in [1.29, 1.82) is 0 Å². The molecule has 0 atom stereocenters. The van der Waals surface area contributed by atoms with E-state index in [1.54, 1.807) is 25.3 Å². The van der Waals surface area contributed by atoms with Crippen LogP contribution < -0.4 is 14.8 Å². The third-order valence-electron chi connectivity index (χ3n) is 4.89. The second-order valence-corrected chi connectivity index (χ2v) is 6.76. The lowest BCUT2D eigenvalue weighted by atomic mass is 10.2. The molecule has 2 aromatic rings. The zero-order valence-electron chi connectivity index (χ0n) is 16.2. The standard InChI is InChI=1S/C20H27N3O4/c1-14-17(15(2)27-22-14)13-26-18-7-6-16(12-19(18)25-3)20(24)21-8-11-23-9-4-5-10-23/h6-7,12H,4-5,8-11,13H2,1-3H3,(H,21,24). The number of hydrogen-bond acceptors (Lipinski definition) is 6. The Kier molecular flexibility index (Phi) is 6.34. The number of nitrogens with one attached hydrogen (secondary N) is 1. The summed E-state index contributed by atoms with van der Waals surface area (Å²) in [6, 6.07) is 5.20. The molecule has 1 aromatic heterocycles. The minimum absolute atomic E-state index is 0.107. The van der Waals surface area contributed by atoms with Crippen LogP contribution >= 0.6 is 0 Å². The molecule has 1 aliphatic heterocycles. The largest absolute Gasteiger partial charge is 0.493 e. The Bertz CT molecular complexity index is 762. The lowest BCUT2D eigenvalue weighted by molar-refractivity contribution is 0.0949. The SMILES string of the molecule is COc1cc(C(=O)NCCN2CCCC2)ccc1OCc1c(C)noc1C. The molecule has 27 heavy (non-hydrogen) atoms. The molecule has 0 bridgehead atoms. The van der Waals surface area contributed by atoms with E-state index in [4.69, 9.17) is 14.0 Å². The average Bonchev–Trinajstić information content (AvgIpc) is 3.30. The van der Waals surface area contributed by atoms with Crippen molar-refractivity contribution in [2.24, 2.45) is 0 Å². The lowest BCUT2D eigenvalue weighted by Crippen LogP contribution is -2.33. The van der Waals surface area contributed by atoms with E-state index in [0.717, 1.165) is 36.7 Å². The molecular formula is C20H27N3O4. The summed E-state index contributed by atoms with van der Waals surface area (Å²) in [4.78, 5) is 14.8. The molecule has 1 fully saturated rings. The van der Waals surface area contributed by atoms with Crippen LogP contribution in [0.2, 0.25) is 0 Å². The number of carbonyl (C=O) groups excluding carboxylic acids is 1. The molecule has 1 amide bonds. The molecule has 0 radical (unpaired) electrons. The van der Waals surface area contributed by atoms with Gasteiger partial charge in [-0.1, -0.05) is 5.16 Å². The zero-order valence-corrected chi connectivity index (χ0v) is 16.2. The minimum Gasteiger partial charge on any atom is -0.493 e. The molecule has 2 heterocycles. The Hall–Kier alpha value is -2.54. The van der Waals surface area contributed by atoms with Crippen molar-refractivity contribution in [3.8, 4) is 11.5 Å². The fourth-order valence-electron chi connectivity index (χ4n) is 3.22. The number of methoxy groups -OCH3 is 1. The van der Waals surface area contributed by atoms with Crippen LogP contribution in [0.25, 0.3) is 0 Å². The van der Waals surface area contributed by atoms with Gasteiger partial charge in [0.2, 0.25) is 0 Å². The molecule has 1 N–H and O–H groups in total. The van der Waals surface area contributed by atoms with Crippen molar-refractivity contribution >= 4 is 5.91 Å². The van der Waals surface area contributed by atoms with Gasteiger partial charge in [0, 0.05) is 18.7 Å². The molecule has 7 nitrogen and oxygen atoms in total. The van der Waals surface area contributed by atoms with Crippen LogP contribution in [0.3, 0.4) is 0 Å². The zero-order chi connectivity index (χ0) is 19.2. The van der Waals surface area contributed by atoms with E-state index in [0.29, 0.717) is 30.2 Å². The van der Waals surface area contributed by atoms with E-state index in [2.05, 4.69) is 15.4 Å². The number of hydrogen-bond donors (Lipinski definition) is 1. The molecule has 146 valence electrons. The fraction of sp³-hybridized carbons (Fsp3) is 0.500. The van der Waals surface area contributed by atoms with Gasteiger partial charge in [-0.15, -0.1) is 0 Å². The van der Waals surface area contributed by atoms with Gasteiger partial charge in [0.25, 0.3) is 5.91 Å². The maximum atomic E-state index is 12.4. The number of rotatable bonds is 8. The minimum atomic E-state index is -0.107. The molecule has 0 saturated carbocycles. The number of aromatic nitrogens is 1. The van der Waals surface area contributed by atoms with Gasteiger partial charge in [-0.05, 0) is 58.0 Å². The van der Waals surface area contributed by atoms with Crippen molar-refractivity contribution in [1.82, 2.24) is 15.4 Å². The summed E-state index contributed by atoms with van der Waals surface area (Å²) in [6.45, 7) is 7.85. The highest BCUT2D eigenvalue weighted by atomic mass is 16.5. The van der Waals surface area contributed by atoms with Crippen molar-refractivity contribution < 1.29 is 18.8 Å². The van der Waals surface area contributed by atoms with Gasteiger partial charge in [0.15, 0.2) is 11.5 Å². The van der Waals surface area contributed by atoms with Crippen molar-refractivity contribution in [2.75, 3.05) is 33.3 Å². The van der Waals surface area contributed by atoms with Crippen LogP contribution in [0, 0.1) is 13.8 Å². The Labute approximate surface area is 159 Å². The smallest absolute Gasteiger partial charge is 0.251 e. The Morgan fingerprint density at radius 2 is 2.04 bits per heavy atom. The monoisotopic (exact) mass is 373 g/mol. The van der Waals surface area contributed by atoms with Gasteiger partial charge in [0.05, 0.1) is 18.4 Å². The molecule has 1 saturated heterocycles. The first kappa shape index (κ1) is 19.2. The first-order chi connectivity index (χ1) is 13.1. The van der Waals surface area contributed by atoms with E-state index in [1.165, 1.54) is 12.8 Å². The summed E-state index contributed by atoms with van der Waals surface area (Å²) >= 11 is 0. The van der Waals surface area contributed by atoms with E-state index in [9.17, 15) is 4.79 Å². The number of nitrogens with zero attached hydrogens (tertiary/aromatic N) is 2. The molecule has 1 aromatic carbocycles. The van der Waals surface area contributed by atoms with Crippen LogP contribution in [0.4, 0.5) is 0 Å². The molecule has 0 aliphatic carbocycles. The fourth-order valence-corrected chi connectivity index (χ4v) is 3.22. The molecule has 3 rings (SSSR count). The van der Waals surface area contributed by atoms with E-state index in [-0.39, 0.29) is 5.91 Å². The summed E-state index contributed by atoms with van der Waals surface area (Å²) in [5, 5.41) is 6.89. The second kappa shape index (κ2) is 8.90. The van der Waals surface area contributed by atoms with E-state index < -0.39 is 0 Å². The Morgan fingerprint density at radius 1 is 1.26 bits per heavy atom. The molecule has 0 spiro atoms. The number of ether oxygens (including phenoxy) is 2. The van der Waals surface area contributed by atoms with Gasteiger partial charge in [-0.3, -0.25) is 4.79 Å². The van der Waals surface area contributed by atoms with Crippen molar-refractivity contribution in [3.63, 3.8) is 0 Å². The number of likely N-dealkylation sites (tertiary alicyclic amines) is 1. The van der Waals surface area contributed by atoms with Crippen LogP contribution in [0.5, 0.6) is 11.5 Å². The molecule has 1 aliphatic rings. The number of aryl methyl sites for hydroxylation is 2. The van der Waals surface area contributed by atoms with Gasteiger partial charge < -0.3 is 24.2 Å². The highest BCUT2D eigenvalue weighted by Gasteiger charge is 2.15. The summed E-state index contributed by atoms with van der Waals surface area (Å²) in [5.41, 5.74) is 2.28. The topological polar surface area (TPSA) is 76.8 Å². The molecular weight excluding hydrogens is 346 g/mol. The predicted molar refractivity (Wildman–Crippen MR) is 101 cm³/mol. The number of amides is 1. The van der Waals surface area contributed by atoms with Gasteiger partial charge in [-0.25, -0.2) is 0 Å². The highest BCUT2D eigenvalue weighted by molar-refractivity contribution is 5.94. The lowest BCUT2D eigenvalue weighted by Gasteiger charge is -2.15. The van der Waals surface area contributed by atoms with E-state index in [1.807, 2.05) is 13.8 Å². The summed E-state index contributed by atoms with van der Waals surface area (Å²) in [7, 11) is 1.56. The third-order valence-corrected chi connectivity index (χ3v) is 4.89. The maximum absolute atomic E-state index is 12.4. The first-order valence-electron chi connectivity index (χ1n) is 9.31. The predicted octanol–water partition coefficient (Wildman–Crippen LogP) is 2.70. The van der Waals surface area contributed by atoms with Crippen LogP contribution in [-0.4, -0.2) is 49.3 Å². The van der Waals surface area contributed by atoms with Crippen molar-refractivity contribution in [3.05, 3.63) is 40.8 Å². The molecule has 0 unspecified atom stereocenters. The van der Waals surface area contributed by atoms with Crippen LogP contribution in [-0.2, 0) is 6.61 Å². The summed E-state index contributed by atoms with van der Waals surface area (Å²) in [5.74, 6) is 1.73. The maximum Gasteiger partial charge on any atom is 0.251 e. The van der Waals surface area contributed by atoms with E-state index >= 15 is 0 Å². The second-order valence-electron chi connectivity index (χ2n) is 6.76. The van der Waals surface area contributed by atoms with Gasteiger partial charge >= 0.3 is 0 Å². The quantitative estimate of drug-likeness (QED) is 0.767. The Morgan fingerprint density at radius 3 is 2.70 bits per heavy atom. The van der Waals surface area contributed by atoms with Gasteiger partial charge in [0.1, 0.15) is 12.4 Å². The van der Waals surface area contributed by atoms with Crippen molar-refractivity contribution in [2.45, 2.75) is 33.3 Å². The molecule has 7 heteroatoms. The number of carbonyl (C=O) groups is 1. The number of benzene rings is 1. The first-order valence-corrected chi connectivity index (χ1v) is 9.31. The third kappa shape index (κ3) is 4.80. The Balaban J connectivity index is 1.58. The van der Waals surface area contributed by atoms with Crippen LogP contribution in [0.1, 0.15) is 40.2 Å². The highest BCUT2D eigenvalue weighted by Crippen LogP contribution is 2.29. The summed E-state index contributed by atoms with van der Waals surface area (Å²) in [6.07, 6.45) is 2.50. The van der Waals surface area contributed by atoms with Crippen LogP contribution in [0.15, 0.2) is 22.7 Å². The average molecular weight is 373 g/mol. The normalized spacial score (nSPS) is 14.3. The van der Waals surface area contributed by atoms with Gasteiger partial charge in [-0.2, -0.15) is 0 Å².